The Bertz CT molecular complexity index is 566. The normalized spacial score (nSPS) is 26.4. The van der Waals surface area contributed by atoms with E-state index in [0.717, 1.165) is 37.9 Å². The number of carbonyl (C=O) groups is 1. The SMILES string of the molecule is CN1CC(NC2CCCc3[nH]c(=O)ccc32)CCC1=O. The summed E-state index contributed by atoms with van der Waals surface area (Å²) < 4.78 is 0. The minimum atomic E-state index is -0.0209. The van der Waals surface area contributed by atoms with E-state index >= 15 is 0 Å². The van der Waals surface area contributed by atoms with Crippen molar-refractivity contribution in [1.29, 1.82) is 0 Å². The van der Waals surface area contributed by atoms with E-state index in [4.69, 9.17) is 0 Å². The molecule has 0 bridgehead atoms. The standard InChI is InChI=1S/C15H21N3O2/c1-18-9-10(5-8-15(18)20)16-12-3-2-4-13-11(12)6-7-14(19)17-13/h6-7,10,12,16H,2-5,8-9H2,1H3,(H,17,19). The van der Waals surface area contributed by atoms with Crippen LogP contribution < -0.4 is 10.9 Å². The van der Waals surface area contributed by atoms with Gasteiger partial charge < -0.3 is 15.2 Å². The average Bonchev–Trinajstić information content (AvgIpc) is 2.43. The number of aryl methyl sites for hydroxylation is 1. The summed E-state index contributed by atoms with van der Waals surface area (Å²) in [6.45, 7) is 0.772. The van der Waals surface area contributed by atoms with Crippen LogP contribution in [0.4, 0.5) is 0 Å². The summed E-state index contributed by atoms with van der Waals surface area (Å²) in [5, 5.41) is 3.67. The average molecular weight is 275 g/mol. The Labute approximate surface area is 118 Å². The molecule has 2 unspecified atom stereocenters. The third-order valence-electron chi connectivity index (χ3n) is 4.40. The van der Waals surface area contributed by atoms with Crippen molar-refractivity contribution in [1.82, 2.24) is 15.2 Å². The van der Waals surface area contributed by atoms with Crippen LogP contribution in [0.5, 0.6) is 0 Å². The van der Waals surface area contributed by atoms with Crippen molar-refractivity contribution in [2.45, 2.75) is 44.2 Å². The lowest BCUT2D eigenvalue weighted by atomic mass is 9.90. The Kier molecular flexibility index (Phi) is 3.61. The van der Waals surface area contributed by atoms with Gasteiger partial charge in [-0.25, -0.2) is 0 Å². The van der Waals surface area contributed by atoms with Crippen molar-refractivity contribution < 1.29 is 4.79 Å². The third-order valence-corrected chi connectivity index (χ3v) is 4.40. The second-order valence-corrected chi connectivity index (χ2v) is 5.88. The predicted molar refractivity (Wildman–Crippen MR) is 76.5 cm³/mol. The van der Waals surface area contributed by atoms with E-state index in [0.29, 0.717) is 18.5 Å². The van der Waals surface area contributed by atoms with Crippen LogP contribution in [0, 0.1) is 0 Å². The zero-order valence-electron chi connectivity index (χ0n) is 11.8. The number of nitrogens with one attached hydrogen (secondary N) is 2. The molecule has 0 aromatic carbocycles. The molecule has 1 saturated heterocycles. The van der Waals surface area contributed by atoms with E-state index < -0.39 is 0 Å². The second kappa shape index (κ2) is 5.40. The Morgan fingerprint density at radius 1 is 1.25 bits per heavy atom. The highest BCUT2D eigenvalue weighted by Crippen LogP contribution is 2.28. The van der Waals surface area contributed by atoms with Gasteiger partial charge in [0.1, 0.15) is 0 Å². The number of hydrogen-bond donors (Lipinski definition) is 2. The molecule has 5 heteroatoms. The Morgan fingerprint density at radius 3 is 2.90 bits per heavy atom. The van der Waals surface area contributed by atoms with Crippen LogP contribution in [0.3, 0.4) is 0 Å². The van der Waals surface area contributed by atoms with Gasteiger partial charge in [0.05, 0.1) is 0 Å². The van der Waals surface area contributed by atoms with Crippen LogP contribution in [0.1, 0.15) is 43.0 Å². The number of likely N-dealkylation sites (tertiary alicyclic amines) is 1. The topological polar surface area (TPSA) is 65.2 Å². The van der Waals surface area contributed by atoms with E-state index in [1.165, 1.54) is 5.56 Å². The predicted octanol–water partition coefficient (Wildman–Crippen LogP) is 0.963. The van der Waals surface area contributed by atoms with E-state index in [-0.39, 0.29) is 11.5 Å². The Morgan fingerprint density at radius 2 is 2.10 bits per heavy atom. The zero-order valence-corrected chi connectivity index (χ0v) is 11.8. The van der Waals surface area contributed by atoms with E-state index in [1.807, 2.05) is 13.1 Å². The molecule has 2 aliphatic rings. The molecule has 0 spiro atoms. The van der Waals surface area contributed by atoms with Gasteiger partial charge in [0.2, 0.25) is 11.5 Å². The summed E-state index contributed by atoms with van der Waals surface area (Å²) in [5.74, 6) is 0.233. The van der Waals surface area contributed by atoms with Crippen molar-refractivity contribution in [2.24, 2.45) is 0 Å². The monoisotopic (exact) mass is 275 g/mol. The smallest absolute Gasteiger partial charge is 0.248 e. The van der Waals surface area contributed by atoms with Gasteiger partial charge in [0.25, 0.3) is 0 Å². The number of piperidine rings is 1. The maximum Gasteiger partial charge on any atom is 0.248 e. The van der Waals surface area contributed by atoms with Crippen LogP contribution in [0.25, 0.3) is 0 Å². The van der Waals surface area contributed by atoms with Gasteiger partial charge in [-0.15, -0.1) is 0 Å². The molecule has 0 radical (unpaired) electrons. The van der Waals surface area contributed by atoms with Crippen LogP contribution >= 0.6 is 0 Å². The second-order valence-electron chi connectivity index (χ2n) is 5.88. The van der Waals surface area contributed by atoms with Crippen LogP contribution in [-0.4, -0.2) is 35.4 Å². The highest BCUT2D eigenvalue weighted by Gasteiger charge is 2.27. The molecule has 1 amide bonds. The summed E-state index contributed by atoms with van der Waals surface area (Å²) >= 11 is 0. The fourth-order valence-corrected chi connectivity index (χ4v) is 3.31. The number of nitrogens with zero attached hydrogens (tertiary/aromatic N) is 1. The molecule has 1 aromatic heterocycles. The molecule has 3 rings (SSSR count). The van der Waals surface area contributed by atoms with Crippen LogP contribution in [0.2, 0.25) is 0 Å². The third kappa shape index (κ3) is 2.63. The molecule has 1 aliphatic carbocycles. The van der Waals surface area contributed by atoms with Gasteiger partial charge in [0.15, 0.2) is 0 Å². The lowest BCUT2D eigenvalue weighted by molar-refractivity contribution is -0.132. The summed E-state index contributed by atoms with van der Waals surface area (Å²) in [7, 11) is 1.86. The Balaban J connectivity index is 1.73. The van der Waals surface area contributed by atoms with E-state index in [1.54, 1.807) is 11.0 Å². The van der Waals surface area contributed by atoms with Crippen LogP contribution in [-0.2, 0) is 11.2 Å². The highest BCUT2D eigenvalue weighted by atomic mass is 16.2. The fraction of sp³-hybridized carbons (Fsp3) is 0.600. The first-order valence-corrected chi connectivity index (χ1v) is 7.35. The van der Waals surface area contributed by atoms with Gasteiger partial charge >= 0.3 is 0 Å². The first-order chi connectivity index (χ1) is 9.63. The maximum atomic E-state index is 11.5. The van der Waals surface area contributed by atoms with E-state index in [2.05, 4.69) is 10.3 Å². The molecule has 1 fully saturated rings. The molecular weight excluding hydrogens is 254 g/mol. The zero-order chi connectivity index (χ0) is 14.1. The number of rotatable bonds is 2. The Hall–Kier alpha value is -1.62. The van der Waals surface area contributed by atoms with Crippen LogP contribution in [0.15, 0.2) is 16.9 Å². The quantitative estimate of drug-likeness (QED) is 0.845. The molecule has 2 heterocycles. The first-order valence-electron chi connectivity index (χ1n) is 7.35. The summed E-state index contributed by atoms with van der Waals surface area (Å²) in [6.07, 6.45) is 4.66. The highest BCUT2D eigenvalue weighted by molar-refractivity contribution is 5.76. The molecule has 5 nitrogen and oxygen atoms in total. The van der Waals surface area contributed by atoms with Gasteiger partial charge in [-0.05, 0) is 31.2 Å². The van der Waals surface area contributed by atoms with Gasteiger partial charge in [-0.1, -0.05) is 6.07 Å². The molecule has 1 aromatic rings. The summed E-state index contributed by atoms with van der Waals surface area (Å²) in [5.41, 5.74) is 2.27. The summed E-state index contributed by atoms with van der Waals surface area (Å²) in [4.78, 5) is 27.7. The van der Waals surface area contributed by atoms with Gasteiger partial charge in [0, 0.05) is 43.9 Å². The number of aromatic amines is 1. The number of pyridine rings is 1. The van der Waals surface area contributed by atoms with Crippen molar-refractivity contribution in [3.63, 3.8) is 0 Å². The lowest BCUT2D eigenvalue weighted by Crippen LogP contribution is -2.48. The van der Waals surface area contributed by atoms with Crippen molar-refractivity contribution in [3.05, 3.63) is 33.7 Å². The fourth-order valence-electron chi connectivity index (χ4n) is 3.31. The van der Waals surface area contributed by atoms with Gasteiger partial charge in [-0.3, -0.25) is 9.59 Å². The largest absolute Gasteiger partial charge is 0.344 e. The number of likely N-dealkylation sites (N-methyl/N-ethyl adjacent to an activating group) is 1. The molecule has 108 valence electrons. The first kappa shape index (κ1) is 13.4. The number of H-pyrrole nitrogens is 1. The van der Waals surface area contributed by atoms with Crippen molar-refractivity contribution in [2.75, 3.05) is 13.6 Å². The van der Waals surface area contributed by atoms with E-state index in [9.17, 15) is 9.59 Å². The maximum absolute atomic E-state index is 11.5. The van der Waals surface area contributed by atoms with Gasteiger partial charge in [-0.2, -0.15) is 0 Å². The minimum Gasteiger partial charge on any atom is -0.344 e. The summed E-state index contributed by atoms with van der Waals surface area (Å²) in [6, 6.07) is 4.20. The molecule has 2 atom stereocenters. The molecule has 1 aliphatic heterocycles. The molecule has 2 N–H and O–H groups in total. The minimum absolute atomic E-state index is 0.0209. The number of fused-ring (bicyclic) bond motifs is 1. The molecule has 20 heavy (non-hydrogen) atoms. The number of carbonyl (C=O) groups excluding carboxylic acids is 1. The van der Waals surface area contributed by atoms with Crippen molar-refractivity contribution in [3.8, 4) is 0 Å². The molecule has 0 saturated carbocycles. The molecular formula is C15H21N3O2. The van der Waals surface area contributed by atoms with Crippen molar-refractivity contribution >= 4 is 5.91 Å². The number of aromatic nitrogens is 1. The lowest BCUT2D eigenvalue weighted by Gasteiger charge is -2.35. The number of hydrogen-bond acceptors (Lipinski definition) is 3. The number of amides is 1.